The summed E-state index contributed by atoms with van der Waals surface area (Å²) in [5.74, 6) is 2.26. The summed E-state index contributed by atoms with van der Waals surface area (Å²) in [6.07, 6.45) is 1.79. The molecule has 0 saturated carbocycles. The van der Waals surface area contributed by atoms with E-state index in [0.29, 0.717) is 12.4 Å². The number of hydrogen-bond acceptors (Lipinski definition) is 6. The zero-order valence-electron chi connectivity index (χ0n) is 17.0. The van der Waals surface area contributed by atoms with E-state index in [9.17, 15) is 0 Å². The zero-order chi connectivity index (χ0) is 19.9. The largest absolute Gasteiger partial charge is 0.372 e. The molecule has 2 heterocycles. The Kier molecular flexibility index (Phi) is 6.42. The fourth-order valence-electron chi connectivity index (χ4n) is 3.12. The lowest BCUT2D eigenvalue weighted by molar-refractivity contribution is 0.866. The summed E-state index contributed by atoms with van der Waals surface area (Å²) in [7, 11) is 0. The molecule has 0 radical (unpaired) electrons. The van der Waals surface area contributed by atoms with Crippen LogP contribution in [-0.4, -0.2) is 28.0 Å². The monoisotopic (exact) mass is 376 g/mol. The van der Waals surface area contributed by atoms with Crippen molar-refractivity contribution in [1.29, 1.82) is 0 Å². The number of pyridine rings is 1. The molecule has 146 valence electrons. The molecule has 0 unspecified atom stereocenters. The van der Waals surface area contributed by atoms with Crippen molar-refractivity contribution in [2.75, 3.05) is 28.6 Å². The van der Waals surface area contributed by atoms with E-state index in [0.717, 1.165) is 36.1 Å². The van der Waals surface area contributed by atoms with Crippen LogP contribution in [0.15, 0.2) is 48.7 Å². The van der Waals surface area contributed by atoms with E-state index in [-0.39, 0.29) is 0 Å². The topological polar surface area (TPSA) is 66.0 Å². The highest BCUT2D eigenvalue weighted by atomic mass is 15.1. The minimum Gasteiger partial charge on any atom is -0.372 e. The number of rotatable bonds is 8. The zero-order valence-corrected chi connectivity index (χ0v) is 17.0. The average Bonchev–Trinajstić information content (AvgIpc) is 2.70. The molecule has 0 saturated heterocycles. The molecular weight excluding hydrogens is 348 g/mol. The van der Waals surface area contributed by atoms with Gasteiger partial charge >= 0.3 is 0 Å². The Bertz CT molecular complexity index is 906. The molecule has 3 rings (SSSR count). The number of hydrogen-bond donors (Lipinski definition) is 2. The minimum absolute atomic E-state index is 0.619. The van der Waals surface area contributed by atoms with Gasteiger partial charge in [0.1, 0.15) is 17.5 Å². The van der Waals surface area contributed by atoms with E-state index in [4.69, 9.17) is 0 Å². The van der Waals surface area contributed by atoms with E-state index >= 15 is 0 Å². The van der Waals surface area contributed by atoms with Crippen molar-refractivity contribution in [3.63, 3.8) is 0 Å². The molecule has 0 atom stereocenters. The number of nitrogens with zero attached hydrogens (tertiary/aromatic N) is 4. The number of aryl methyl sites for hydroxylation is 2. The molecule has 0 aliphatic heterocycles. The van der Waals surface area contributed by atoms with Gasteiger partial charge in [-0.05, 0) is 63.6 Å². The Morgan fingerprint density at radius 1 is 0.929 bits per heavy atom. The molecule has 6 nitrogen and oxygen atoms in total. The lowest BCUT2D eigenvalue weighted by Gasteiger charge is -2.22. The summed E-state index contributed by atoms with van der Waals surface area (Å²) in [6.45, 7) is 11.0. The number of aromatic nitrogens is 3. The van der Waals surface area contributed by atoms with Gasteiger partial charge in [0.2, 0.25) is 0 Å². The van der Waals surface area contributed by atoms with E-state index in [1.54, 1.807) is 6.20 Å². The van der Waals surface area contributed by atoms with Crippen molar-refractivity contribution in [3.05, 3.63) is 65.7 Å². The summed E-state index contributed by atoms with van der Waals surface area (Å²) >= 11 is 0. The minimum atomic E-state index is 0.619. The van der Waals surface area contributed by atoms with E-state index in [1.165, 1.54) is 11.3 Å². The van der Waals surface area contributed by atoms with Gasteiger partial charge in [-0.3, -0.25) is 4.98 Å². The van der Waals surface area contributed by atoms with Crippen molar-refractivity contribution in [3.8, 4) is 0 Å². The van der Waals surface area contributed by atoms with E-state index in [2.05, 4.69) is 69.5 Å². The number of anilines is 4. The fourth-order valence-corrected chi connectivity index (χ4v) is 3.12. The number of benzene rings is 1. The smallest absolute Gasteiger partial charge is 0.136 e. The molecule has 1 aromatic carbocycles. The van der Waals surface area contributed by atoms with Gasteiger partial charge in [0.25, 0.3) is 0 Å². The Labute approximate surface area is 167 Å². The maximum Gasteiger partial charge on any atom is 0.136 e. The van der Waals surface area contributed by atoms with Gasteiger partial charge in [-0.15, -0.1) is 0 Å². The van der Waals surface area contributed by atoms with E-state index < -0.39 is 0 Å². The summed E-state index contributed by atoms with van der Waals surface area (Å²) in [5.41, 5.74) is 4.44. The predicted molar refractivity (Wildman–Crippen MR) is 116 cm³/mol. The van der Waals surface area contributed by atoms with Crippen LogP contribution in [-0.2, 0) is 6.54 Å². The van der Waals surface area contributed by atoms with Crippen molar-refractivity contribution >= 4 is 23.0 Å². The Morgan fingerprint density at radius 2 is 1.71 bits per heavy atom. The van der Waals surface area contributed by atoms with Gasteiger partial charge in [0.15, 0.2) is 0 Å². The lowest BCUT2D eigenvalue weighted by Crippen LogP contribution is -2.21. The van der Waals surface area contributed by atoms with Gasteiger partial charge < -0.3 is 15.5 Å². The van der Waals surface area contributed by atoms with Crippen LogP contribution in [0.2, 0.25) is 0 Å². The highest BCUT2D eigenvalue weighted by Crippen LogP contribution is 2.25. The second-order valence-electron chi connectivity index (χ2n) is 6.66. The standard InChI is InChI=1S/C22H28N6/c1-5-28(6-2)19-10-11-20(16(3)13-19)27-22-14-21(25-17(4)26-22)24-15-18-9-7-8-12-23-18/h7-14H,5-6,15H2,1-4H3,(H2,24,25,26,27). The maximum absolute atomic E-state index is 4.53. The molecule has 6 heteroatoms. The first-order valence-corrected chi connectivity index (χ1v) is 9.71. The first-order valence-electron chi connectivity index (χ1n) is 9.71. The summed E-state index contributed by atoms with van der Waals surface area (Å²) in [5, 5.41) is 6.75. The van der Waals surface area contributed by atoms with Gasteiger partial charge in [-0.2, -0.15) is 0 Å². The molecule has 0 amide bonds. The molecule has 0 aliphatic carbocycles. The van der Waals surface area contributed by atoms with Crippen LogP contribution in [0.25, 0.3) is 0 Å². The van der Waals surface area contributed by atoms with Crippen molar-refractivity contribution in [2.45, 2.75) is 34.2 Å². The van der Waals surface area contributed by atoms with Crippen LogP contribution in [0.4, 0.5) is 23.0 Å². The molecular formula is C22H28N6. The predicted octanol–water partition coefficient (Wildman–Crippen LogP) is 4.69. The maximum atomic E-state index is 4.53. The molecule has 28 heavy (non-hydrogen) atoms. The molecule has 0 aliphatic rings. The van der Waals surface area contributed by atoms with Crippen LogP contribution < -0.4 is 15.5 Å². The van der Waals surface area contributed by atoms with Crippen LogP contribution in [0.1, 0.15) is 30.9 Å². The molecule has 2 N–H and O–H groups in total. The number of nitrogens with one attached hydrogen (secondary N) is 2. The molecule has 2 aromatic heterocycles. The molecule has 0 bridgehead atoms. The van der Waals surface area contributed by atoms with Gasteiger partial charge in [-0.25, -0.2) is 9.97 Å². The highest BCUT2D eigenvalue weighted by Gasteiger charge is 2.08. The third kappa shape index (κ3) is 4.97. The summed E-state index contributed by atoms with van der Waals surface area (Å²) < 4.78 is 0. The Morgan fingerprint density at radius 3 is 2.39 bits per heavy atom. The normalized spacial score (nSPS) is 10.6. The lowest BCUT2D eigenvalue weighted by atomic mass is 10.1. The quantitative estimate of drug-likeness (QED) is 0.594. The third-order valence-electron chi connectivity index (χ3n) is 4.62. The van der Waals surface area contributed by atoms with E-state index in [1.807, 2.05) is 31.2 Å². The van der Waals surface area contributed by atoms with Crippen molar-refractivity contribution in [1.82, 2.24) is 15.0 Å². The van der Waals surface area contributed by atoms with Crippen LogP contribution in [0, 0.1) is 13.8 Å². The molecule has 0 fully saturated rings. The first kappa shape index (κ1) is 19.6. The van der Waals surface area contributed by atoms with Crippen molar-refractivity contribution in [2.24, 2.45) is 0 Å². The van der Waals surface area contributed by atoms with Crippen LogP contribution in [0.5, 0.6) is 0 Å². The fraction of sp³-hybridized carbons (Fsp3) is 0.318. The second kappa shape index (κ2) is 9.17. The Balaban J connectivity index is 1.74. The van der Waals surface area contributed by atoms with Gasteiger partial charge in [0, 0.05) is 36.7 Å². The summed E-state index contributed by atoms with van der Waals surface area (Å²) in [4.78, 5) is 15.7. The SMILES string of the molecule is CCN(CC)c1ccc(Nc2cc(NCc3ccccn3)nc(C)n2)c(C)c1. The molecule has 3 aromatic rings. The van der Waals surface area contributed by atoms with Crippen LogP contribution in [0.3, 0.4) is 0 Å². The third-order valence-corrected chi connectivity index (χ3v) is 4.62. The average molecular weight is 377 g/mol. The van der Waals surface area contributed by atoms with Crippen LogP contribution >= 0.6 is 0 Å². The Hall–Kier alpha value is -3.15. The van der Waals surface area contributed by atoms with Gasteiger partial charge in [-0.1, -0.05) is 6.07 Å². The summed E-state index contributed by atoms with van der Waals surface area (Å²) in [6, 6.07) is 14.3. The molecule has 0 spiro atoms. The second-order valence-corrected chi connectivity index (χ2v) is 6.66. The first-order chi connectivity index (χ1) is 13.6. The van der Waals surface area contributed by atoms with Crippen molar-refractivity contribution < 1.29 is 0 Å². The highest BCUT2D eigenvalue weighted by molar-refractivity contribution is 5.66. The van der Waals surface area contributed by atoms with Gasteiger partial charge in [0.05, 0.1) is 12.2 Å².